The molecule has 0 bridgehead atoms. The Morgan fingerprint density at radius 2 is 1.89 bits per heavy atom. The predicted octanol–water partition coefficient (Wildman–Crippen LogP) is 3.56. The van der Waals surface area contributed by atoms with Gasteiger partial charge in [-0.15, -0.1) is 0 Å². The first-order valence-corrected chi connectivity index (χ1v) is 9.37. The standard InChI is InChI=1S/C20H18N4O2S/c1-12-17-18(14-7-9-15(25)10-8-14)27-20(21)22-19(17)24(23-12)16(26)11-13-5-3-2-4-6-13/h2-10,18,25H,11H2,1H3,(H2,21,22)/t18-/m1/s1. The Morgan fingerprint density at radius 1 is 1.19 bits per heavy atom. The molecule has 0 aliphatic carbocycles. The molecule has 0 fully saturated rings. The number of benzene rings is 2. The molecule has 0 saturated carbocycles. The molecule has 2 aromatic carbocycles. The summed E-state index contributed by atoms with van der Waals surface area (Å²) in [6, 6.07) is 16.5. The number of thioether (sulfide) groups is 1. The number of carbonyl (C=O) groups excluding carboxylic acids is 1. The zero-order valence-electron chi connectivity index (χ0n) is 14.7. The predicted molar refractivity (Wildman–Crippen MR) is 107 cm³/mol. The highest BCUT2D eigenvalue weighted by Crippen LogP contribution is 2.46. The van der Waals surface area contributed by atoms with Gasteiger partial charge in [0.1, 0.15) is 5.75 Å². The second-order valence-electron chi connectivity index (χ2n) is 6.33. The molecule has 2 heterocycles. The normalized spacial score (nSPS) is 15.9. The van der Waals surface area contributed by atoms with Crippen molar-refractivity contribution in [2.45, 2.75) is 18.6 Å². The second-order valence-corrected chi connectivity index (χ2v) is 7.46. The third-order valence-electron chi connectivity index (χ3n) is 4.43. The van der Waals surface area contributed by atoms with Gasteiger partial charge in [0, 0.05) is 5.56 Å². The molecule has 136 valence electrons. The monoisotopic (exact) mass is 378 g/mol. The number of amidine groups is 1. The molecule has 6 nitrogen and oxygen atoms in total. The summed E-state index contributed by atoms with van der Waals surface area (Å²) in [5, 5.41) is 14.3. The number of aryl methyl sites for hydroxylation is 1. The van der Waals surface area contributed by atoms with Gasteiger partial charge < -0.3 is 10.8 Å². The number of nitrogens with two attached hydrogens (primary N) is 1. The summed E-state index contributed by atoms with van der Waals surface area (Å²) >= 11 is 1.41. The number of aromatic nitrogens is 2. The molecule has 0 unspecified atom stereocenters. The molecule has 4 rings (SSSR count). The highest BCUT2D eigenvalue weighted by molar-refractivity contribution is 8.14. The van der Waals surface area contributed by atoms with E-state index >= 15 is 0 Å². The van der Waals surface area contributed by atoms with E-state index in [1.54, 1.807) is 12.1 Å². The number of phenolic OH excluding ortho intramolecular Hbond substituents is 1. The minimum Gasteiger partial charge on any atom is -0.508 e. The Balaban J connectivity index is 1.74. The number of phenols is 1. The van der Waals surface area contributed by atoms with Crippen LogP contribution in [0, 0.1) is 6.92 Å². The van der Waals surface area contributed by atoms with Gasteiger partial charge in [-0.3, -0.25) is 4.79 Å². The van der Waals surface area contributed by atoms with E-state index in [1.807, 2.05) is 49.4 Å². The van der Waals surface area contributed by atoms with E-state index in [0.29, 0.717) is 11.0 Å². The molecular formula is C20H18N4O2S. The molecule has 1 aromatic heterocycles. The lowest BCUT2D eigenvalue weighted by Crippen LogP contribution is -2.18. The van der Waals surface area contributed by atoms with E-state index in [2.05, 4.69) is 10.1 Å². The first-order valence-electron chi connectivity index (χ1n) is 8.49. The first-order chi connectivity index (χ1) is 13.0. The van der Waals surface area contributed by atoms with Crippen LogP contribution in [0.1, 0.15) is 32.4 Å². The average molecular weight is 378 g/mol. The highest BCUT2D eigenvalue weighted by atomic mass is 32.2. The lowest BCUT2D eigenvalue weighted by Gasteiger charge is -2.21. The van der Waals surface area contributed by atoms with Gasteiger partial charge in [0.2, 0.25) is 0 Å². The van der Waals surface area contributed by atoms with Crippen molar-refractivity contribution < 1.29 is 9.90 Å². The SMILES string of the molecule is Cc1nn(C(=O)Cc2ccccc2)c2c1[C@@H](c1ccc(O)cc1)SC(N)=N2. The molecule has 3 aromatic rings. The summed E-state index contributed by atoms with van der Waals surface area (Å²) in [7, 11) is 0. The van der Waals surface area contributed by atoms with Crippen LogP contribution in [0.5, 0.6) is 5.75 Å². The quantitative estimate of drug-likeness (QED) is 0.727. The van der Waals surface area contributed by atoms with Gasteiger partial charge in [-0.1, -0.05) is 54.2 Å². The number of fused-ring (bicyclic) bond motifs is 1. The fraction of sp³-hybridized carbons (Fsp3) is 0.150. The van der Waals surface area contributed by atoms with Crippen molar-refractivity contribution >= 4 is 28.7 Å². The van der Waals surface area contributed by atoms with Gasteiger partial charge in [0.25, 0.3) is 5.91 Å². The van der Waals surface area contributed by atoms with E-state index in [0.717, 1.165) is 22.4 Å². The lowest BCUT2D eigenvalue weighted by atomic mass is 10.0. The fourth-order valence-electron chi connectivity index (χ4n) is 3.16. The van der Waals surface area contributed by atoms with E-state index < -0.39 is 0 Å². The van der Waals surface area contributed by atoms with Crippen molar-refractivity contribution in [3.05, 3.63) is 77.0 Å². The molecule has 3 N–H and O–H groups in total. The smallest absolute Gasteiger partial charge is 0.253 e. The maximum Gasteiger partial charge on any atom is 0.253 e. The Kier molecular flexibility index (Phi) is 4.45. The molecule has 1 atom stereocenters. The zero-order valence-corrected chi connectivity index (χ0v) is 15.5. The number of rotatable bonds is 3. The molecule has 1 aliphatic rings. The summed E-state index contributed by atoms with van der Waals surface area (Å²) < 4.78 is 1.36. The van der Waals surface area contributed by atoms with Crippen LogP contribution in [0.2, 0.25) is 0 Å². The molecule has 0 spiro atoms. The van der Waals surface area contributed by atoms with Crippen molar-refractivity contribution in [2.75, 3.05) is 0 Å². The van der Waals surface area contributed by atoms with Crippen LogP contribution in [0.4, 0.5) is 5.82 Å². The summed E-state index contributed by atoms with van der Waals surface area (Å²) in [5.41, 5.74) is 9.56. The van der Waals surface area contributed by atoms with Crippen LogP contribution in [0.3, 0.4) is 0 Å². The summed E-state index contributed by atoms with van der Waals surface area (Å²) in [6.45, 7) is 1.87. The van der Waals surface area contributed by atoms with Crippen LogP contribution in [0.15, 0.2) is 59.6 Å². The van der Waals surface area contributed by atoms with Crippen molar-refractivity contribution in [1.29, 1.82) is 0 Å². The minimum absolute atomic E-state index is 0.128. The highest BCUT2D eigenvalue weighted by Gasteiger charge is 2.31. The Morgan fingerprint density at radius 3 is 2.59 bits per heavy atom. The van der Waals surface area contributed by atoms with Crippen molar-refractivity contribution in [2.24, 2.45) is 10.7 Å². The van der Waals surface area contributed by atoms with Crippen LogP contribution in [-0.2, 0) is 6.42 Å². The topological polar surface area (TPSA) is 93.5 Å². The number of aliphatic imine (C=N–C) groups is 1. The van der Waals surface area contributed by atoms with Crippen LogP contribution in [0.25, 0.3) is 0 Å². The number of carbonyl (C=O) groups is 1. The van der Waals surface area contributed by atoms with E-state index in [1.165, 1.54) is 16.4 Å². The molecule has 0 radical (unpaired) electrons. The largest absolute Gasteiger partial charge is 0.508 e. The van der Waals surface area contributed by atoms with E-state index in [9.17, 15) is 9.90 Å². The third kappa shape index (κ3) is 3.33. The maximum absolute atomic E-state index is 12.8. The van der Waals surface area contributed by atoms with Gasteiger partial charge in [-0.25, -0.2) is 4.99 Å². The zero-order chi connectivity index (χ0) is 19.0. The van der Waals surface area contributed by atoms with Gasteiger partial charge in [0.05, 0.1) is 17.4 Å². The number of nitrogens with zero attached hydrogens (tertiary/aromatic N) is 3. The maximum atomic E-state index is 12.8. The van der Waals surface area contributed by atoms with Gasteiger partial charge in [-0.05, 0) is 30.2 Å². The second kappa shape index (κ2) is 6.92. The summed E-state index contributed by atoms with van der Waals surface area (Å²) in [6.07, 6.45) is 0.237. The number of aromatic hydroxyl groups is 1. The van der Waals surface area contributed by atoms with Crippen LogP contribution in [-0.4, -0.2) is 26.0 Å². The molecule has 27 heavy (non-hydrogen) atoms. The summed E-state index contributed by atoms with van der Waals surface area (Å²) in [5.74, 6) is 0.535. The van der Waals surface area contributed by atoms with Gasteiger partial charge in [-0.2, -0.15) is 9.78 Å². The minimum atomic E-state index is -0.154. The van der Waals surface area contributed by atoms with E-state index in [-0.39, 0.29) is 23.3 Å². The van der Waals surface area contributed by atoms with E-state index in [4.69, 9.17) is 5.73 Å². The van der Waals surface area contributed by atoms with Gasteiger partial charge >= 0.3 is 0 Å². The van der Waals surface area contributed by atoms with Crippen LogP contribution >= 0.6 is 11.8 Å². The number of hydrogen-bond acceptors (Lipinski definition) is 6. The third-order valence-corrected chi connectivity index (χ3v) is 5.50. The molecule has 0 amide bonds. The molecule has 0 saturated heterocycles. The Labute approximate surface area is 160 Å². The average Bonchev–Trinajstić information content (AvgIpc) is 2.99. The Hall–Kier alpha value is -3.06. The lowest BCUT2D eigenvalue weighted by molar-refractivity contribution is 0.0900. The first kappa shape index (κ1) is 17.4. The molecule has 1 aliphatic heterocycles. The van der Waals surface area contributed by atoms with Crippen molar-refractivity contribution in [3.63, 3.8) is 0 Å². The van der Waals surface area contributed by atoms with Crippen molar-refractivity contribution in [1.82, 2.24) is 9.78 Å². The fourth-order valence-corrected chi connectivity index (χ4v) is 4.22. The van der Waals surface area contributed by atoms with Crippen molar-refractivity contribution in [3.8, 4) is 5.75 Å². The molecular weight excluding hydrogens is 360 g/mol. The summed E-state index contributed by atoms with van der Waals surface area (Å²) in [4.78, 5) is 17.3. The van der Waals surface area contributed by atoms with Gasteiger partial charge in [0.15, 0.2) is 11.0 Å². The van der Waals surface area contributed by atoms with Crippen LogP contribution < -0.4 is 5.73 Å². The Bertz CT molecular complexity index is 1030. The molecule has 7 heteroatoms. The number of hydrogen-bond donors (Lipinski definition) is 2.